The molecule has 2 aromatic rings. The smallest absolute Gasteiger partial charge is 0.0584 e. The van der Waals surface area contributed by atoms with Gasteiger partial charge in [0.05, 0.1) is 22.8 Å². The highest BCUT2D eigenvalue weighted by Crippen LogP contribution is 1.94. The van der Waals surface area contributed by atoms with Gasteiger partial charge in [0.25, 0.3) is 0 Å². The van der Waals surface area contributed by atoms with E-state index in [0.717, 1.165) is 22.8 Å². The van der Waals surface area contributed by atoms with E-state index in [4.69, 9.17) is 0 Å². The van der Waals surface area contributed by atoms with Crippen LogP contribution in [0.3, 0.4) is 0 Å². The first kappa shape index (κ1) is 12.2. The molecule has 2 rings (SSSR count). The topological polar surface area (TPSA) is 51.6 Å². The van der Waals surface area contributed by atoms with Crippen LogP contribution in [0.5, 0.6) is 0 Å². The highest BCUT2D eigenvalue weighted by Gasteiger charge is 1.87. The summed E-state index contributed by atoms with van der Waals surface area (Å²) in [6, 6.07) is 0. The average molecular weight is 216 g/mol. The first-order valence-corrected chi connectivity index (χ1v) is 5.09. The minimum atomic E-state index is 1.01. The Labute approximate surface area is 95.8 Å². The zero-order valence-corrected chi connectivity index (χ0v) is 10.1. The van der Waals surface area contributed by atoms with Crippen LogP contribution in [0.25, 0.3) is 0 Å². The molecule has 0 saturated heterocycles. The molecule has 0 N–H and O–H groups in total. The molecule has 0 amide bonds. The van der Waals surface area contributed by atoms with Crippen LogP contribution in [-0.4, -0.2) is 19.9 Å². The van der Waals surface area contributed by atoms with E-state index < -0.39 is 0 Å². The third kappa shape index (κ3) is 3.73. The Morgan fingerprint density at radius 2 is 0.688 bits per heavy atom. The monoisotopic (exact) mass is 216 g/mol. The number of aromatic nitrogens is 4. The maximum atomic E-state index is 4.02. The van der Waals surface area contributed by atoms with E-state index >= 15 is 0 Å². The van der Waals surface area contributed by atoms with Crippen LogP contribution in [0, 0.1) is 27.7 Å². The Bertz CT molecular complexity index is 369. The summed E-state index contributed by atoms with van der Waals surface area (Å²) >= 11 is 0. The Balaban J connectivity index is 0.000000160. The number of rotatable bonds is 0. The van der Waals surface area contributed by atoms with Crippen LogP contribution in [0.2, 0.25) is 0 Å². The van der Waals surface area contributed by atoms with Crippen molar-refractivity contribution in [3.63, 3.8) is 0 Å². The van der Waals surface area contributed by atoms with Crippen molar-refractivity contribution in [1.82, 2.24) is 19.9 Å². The zero-order valence-electron chi connectivity index (χ0n) is 10.1. The van der Waals surface area contributed by atoms with E-state index in [2.05, 4.69) is 19.9 Å². The van der Waals surface area contributed by atoms with Crippen molar-refractivity contribution in [2.75, 3.05) is 0 Å². The van der Waals surface area contributed by atoms with Gasteiger partial charge < -0.3 is 0 Å². The van der Waals surface area contributed by atoms with Crippen LogP contribution >= 0.6 is 0 Å². The molecule has 16 heavy (non-hydrogen) atoms. The van der Waals surface area contributed by atoms with Crippen molar-refractivity contribution in [3.8, 4) is 0 Å². The Hall–Kier alpha value is -1.84. The van der Waals surface area contributed by atoms with Crippen LogP contribution in [0.4, 0.5) is 0 Å². The van der Waals surface area contributed by atoms with Crippen LogP contribution in [0.1, 0.15) is 22.8 Å². The molecule has 0 radical (unpaired) electrons. The SMILES string of the molecule is Cc1nccnc1C.Cc1nccnc1C. The van der Waals surface area contributed by atoms with E-state index in [1.807, 2.05) is 27.7 Å². The number of aryl methyl sites for hydroxylation is 4. The number of hydrogen-bond acceptors (Lipinski definition) is 4. The van der Waals surface area contributed by atoms with E-state index in [1.165, 1.54) is 0 Å². The summed E-state index contributed by atoms with van der Waals surface area (Å²) in [5.41, 5.74) is 4.03. The summed E-state index contributed by atoms with van der Waals surface area (Å²) in [5, 5.41) is 0. The highest BCUT2D eigenvalue weighted by molar-refractivity contribution is 5.05. The molecule has 4 nitrogen and oxygen atoms in total. The third-order valence-electron chi connectivity index (χ3n) is 2.25. The second kappa shape index (κ2) is 5.90. The second-order valence-corrected chi connectivity index (χ2v) is 3.45. The van der Waals surface area contributed by atoms with Gasteiger partial charge in [0.1, 0.15) is 0 Å². The van der Waals surface area contributed by atoms with Crippen LogP contribution in [-0.2, 0) is 0 Å². The highest BCUT2D eigenvalue weighted by atomic mass is 14.8. The molecule has 0 saturated carbocycles. The molecule has 0 aliphatic heterocycles. The number of nitrogens with zero attached hydrogens (tertiary/aromatic N) is 4. The van der Waals surface area contributed by atoms with E-state index in [1.54, 1.807) is 24.8 Å². The van der Waals surface area contributed by atoms with Gasteiger partial charge in [0.15, 0.2) is 0 Å². The maximum absolute atomic E-state index is 4.02. The van der Waals surface area contributed by atoms with Crippen LogP contribution < -0.4 is 0 Å². The molecule has 0 bridgehead atoms. The Morgan fingerprint density at radius 3 is 0.812 bits per heavy atom. The summed E-state index contributed by atoms with van der Waals surface area (Å²) in [6.45, 7) is 7.79. The lowest BCUT2D eigenvalue weighted by atomic mass is 10.4. The van der Waals surface area contributed by atoms with Crippen molar-refractivity contribution in [2.45, 2.75) is 27.7 Å². The number of hydrogen-bond donors (Lipinski definition) is 0. The van der Waals surface area contributed by atoms with Gasteiger partial charge in [-0.25, -0.2) is 0 Å². The Kier molecular flexibility index (Phi) is 4.51. The Morgan fingerprint density at radius 1 is 0.500 bits per heavy atom. The summed E-state index contributed by atoms with van der Waals surface area (Å²) < 4.78 is 0. The van der Waals surface area contributed by atoms with E-state index in [0.29, 0.717) is 0 Å². The fourth-order valence-electron chi connectivity index (χ4n) is 0.954. The molecule has 2 heterocycles. The van der Waals surface area contributed by atoms with Gasteiger partial charge in [-0.2, -0.15) is 0 Å². The summed E-state index contributed by atoms with van der Waals surface area (Å²) in [7, 11) is 0. The first-order valence-electron chi connectivity index (χ1n) is 5.09. The summed E-state index contributed by atoms with van der Waals surface area (Å²) in [4.78, 5) is 16.1. The minimum Gasteiger partial charge on any atom is -0.258 e. The standard InChI is InChI=1S/2C6H8N2/c2*1-5-6(2)8-4-3-7-5/h2*3-4H,1-2H3. The predicted molar refractivity (Wildman–Crippen MR) is 63.0 cm³/mol. The van der Waals surface area contributed by atoms with Gasteiger partial charge in [0.2, 0.25) is 0 Å². The molecular formula is C12H16N4. The van der Waals surface area contributed by atoms with Crippen molar-refractivity contribution in [3.05, 3.63) is 47.6 Å². The average Bonchev–Trinajstić information content (AvgIpc) is 2.28. The van der Waals surface area contributed by atoms with Gasteiger partial charge >= 0.3 is 0 Å². The fourth-order valence-corrected chi connectivity index (χ4v) is 0.954. The lowest BCUT2D eigenvalue weighted by Gasteiger charge is -1.91. The molecule has 84 valence electrons. The molecule has 0 aromatic carbocycles. The summed E-state index contributed by atoms with van der Waals surface area (Å²) in [5.74, 6) is 0. The van der Waals surface area contributed by atoms with Gasteiger partial charge in [-0.15, -0.1) is 0 Å². The van der Waals surface area contributed by atoms with Crippen molar-refractivity contribution < 1.29 is 0 Å². The lowest BCUT2D eigenvalue weighted by molar-refractivity contribution is 1.05. The van der Waals surface area contributed by atoms with Crippen LogP contribution in [0.15, 0.2) is 24.8 Å². The maximum Gasteiger partial charge on any atom is 0.0584 e. The molecular weight excluding hydrogens is 200 g/mol. The fraction of sp³-hybridized carbons (Fsp3) is 0.333. The summed E-state index contributed by atoms with van der Waals surface area (Å²) in [6.07, 6.45) is 6.79. The second-order valence-electron chi connectivity index (χ2n) is 3.45. The van der Waals surface area contributed by atoms with E-state index in [9.17, 15) is 0 Å². The lowest BCUT2D eigenvalue weighted by Crippen LogP contribution is -1.87. The molecule has 0 aliphatic rings. The van der Waals surface area contributed by atoms with Gasteiger partial charge in [-0.05, 0) is 27.7 Å². The minimum absolute atomic E-state index is 1.01. The van der Waals surface area contributed by atoms with Gasteiger partial charge in [0, 0.05) is 24.8 Å². The molecule has 4 heteroatoms. The van der Waals surface area contributed by atoms with Crippen molar-refractivity contribution >= 4 is 0 Å². The van der Waals surface area contributed by atoms with Crippen molar-refractivity contribution in [1.29, 1.82) is 0 Å². The normalized spacial score (nSPS) is 9.25. The van der Waals surface area contributed by atoms with Gasteiger partial charge in [-0.1, -0.05) is 0 Å². The zero-order chi connectivity index (χ0) is 12.0. The molecule has 0 unspecified atom stereocenters. The predicted octanol–water partition coefficient (Wildman–Crippen LogP) is 2.19. The van der Waals surface area contributed by atoms with Gasteiger partial charge in [-0.3, -0.25) is 19.9 Å². The molecule has 0 aliphatic carbocycles. The first-order chi connectivity index (χ1) is 7.61. The largest absolute Gasteiger partial charge is 0.258 e. The quantitative estimate of drug-likeness (QED) is 0.677. The molecule has 2 aromatic heterocycles. The molecule has 0 spiro atoms. The third-order valence-corrected chi connectivity index (χ3v) is 2.25. The van der Waals surface area contributed by atoms with E-state index in [-0.39, 0.29) is 0 Å². The molecule has 0 atom stereocenters. The van der Waals surface area contributed by atoms with Crippen molar-refractivity contribution in [2.24, 2.45) is 0 Å². The molecule has 0 fully saturated rings.